The summed E-state index contributed by atoms with van der Waals surface area (Å²) in [6.07, 6.45) is -4.94. The van der Waals surface area contributed by atoms with Gasteiger partial charge in [0.2, 0.25) is 0 Å². The average molecular weight is 346 g/mol. The Morgan fingerprint density at radius 2 is 1.96 bits per heavy atom. The molecule has 2 unspecified atom stereocenters. The summed E-state index contributed by atoms with van der Waals surface area (Å²) < 4.78 is 43.0. The quantitative estimate of drug-likeness (QED) is 0.910. The van der Waals surface area contributed by atoms with Gasteiger partial charge in [0.25, 0.3) is 0 Å². The molecule has 134 valence electrons. The molecule has 1 N–H and O–H groups in total. The minimum atomic E-state index is -4.37. The van der Waals surface area contributed by atoms with Crippen LogP contribution in [0.4, 0.5) is 18.0 Å². The first-order chi connectivity index (χ1) is 11.2. The van der Waals surface area contributed by atoms with E-state index in [4.69, 9.17) is 4.74 Å². The van der Waals surface area contributed by atoms with Gasteiger partial charge in [0, 0.05) is 33.2 Å². The number of aliphatic hydroxyl groups is 1. The number of halogens is 3. The molecular formula is C16H21F3N2O3. The van der Waals surface area contributed by atoms with Crippen molar-refractivity contribution in [2.75, 3.05) is 33.8 Å². The summed E-state index contributed by atoms with van der Waals surface area (Å²) in [5.74, 6) is 0. The molecule has 2 atom stereocenters. The van der Waals surface area contributed by atoms with Crippen molar-refractivity contribution in [3.8, 4) is 0 Å². The molecule has 1 saturated heterocycles. The molecule has 1 aliphatic heterocycles. The second-order valence-electron chi connectivity index (χ2n) is 6.03. The van der Waals surface area contributed by atoms with Gasteiger partial charge in [-0.3, -0.25) is 4.90 Å². The molecule has 0 radical (unpaired) electrons. The fourth-order valence-corrected chi connectivity index (χ4v) is 2.75. The Bertz CT molecular complexity index is 561. The summed E-state index contributed by atoms with van der Waals surface area (Å²) in [5, 5.41) is 9.87. The van der Waals surface area contributed by atoms with Crippen molar-refractivity contribution in [1.82, 2.24) is 9.80 Å². The van der Waals surface area contributed by atoms with Crippen LogP contribution in [0.15, 0.2) is 24.3 Å². The highest BCUT2D eigenvalue weighted by molar-refractivity contribution is 5.66. The number of amides is 1. The van der Waals surface area contributed by atoms with Gasteiger partial charge in [0.15, 0.2) is 0 Å². The van der Waals surface area contributed by atoms with Crippen molar-refractivity contribution in [3.63, 3.8) is 0 Å². The Morgan fingerprint density at radius 1 is 1.33 bits per heavy atom. The maximum absolute atomic E-state index is 12.6. The zero-order chi connectivity index (χ0) is 17.9. The molecular weight excluding hydrogens is 325 g/mol. The molecule has 0 bridgehead atoms. The van der Waals surface area contributed by atoms with Gasteiger partial charge in [0.1, 0.15) is 6.61 Å². The third kappa shape index (κ3) is 4.61. The van der Waals surface area contributed by atoms with Crippen LogP contribution < -0.4 is 0 Å². The predicted molar refractivity (Wildman–Crippen MR) is 81.4 cm³/mol. The lowest BCUT2D eigenvalue weighted by Crippen LogP contribution is -2.31. The molecule has 1 heterocycles. The normalized spacial score (nSPS) is 21.8. The van der Waals surface area contributed by atoms with E-state index >= 15 is 0 Å². The van der Waals surface area contributed by atoms with Crippen LogP contribution in [-0.2, 0) is 10.9 Å². The number of β-amino-alcohol motifs (C(OH)–C–C–N with tert-alkyl or cyclic N) is 1. The lowest BCUT2D eigenvalue weighted by atomic mass is 10.0. The number of hydrogen-bond donors (Lipinski definition) is 1. The maximum Gasteiger partial charge on any atom is 0.416 e. The van der Waals surface area contributed by atoms with Gasteiger partial charge < -0.3 is 14.7 Å². The lowest BCUT2D eigenvalue weighted by Gasteiger charge is -2.24. The molecule has 0 spiro atoms. The van der Waals surface area contributed by atoms with E-state index in [1.165, 1.54) is 17.0 Å². The molecule has 0 aliphatic carbocycles. The van der Waals surface area contributed by atoms with Crippen LogP contribution in [0.5, 0.6) is 0 Å². The van der Waals surface area contributed by atoms with Gasteiger partial charge in [-0.05, 0) is 24.1 Å². The fraction of sp³-hybridized carbons (Fsp3) is 0.562. The SMILES string of the molecule is CN(C)C(=O)OCCN1CC(O)CC1c1ccc(C(F)(F)F)cc1. The fourth-order valence-electron chi connectivity index (χ4n) is 2.75. The number of carbonyl (C=O) groups is 1. The topological polar surface area (TPSA) is 53.0 Å². The Labute approximate surface area is 138 Å². The number of likely N-dealkylation sites (tertiary alicyclic amines) is 1. The zero-order valence-corrected chi connectivity index (χ0v) is 13.6. The van der Waals surface area contributed by atoms with Crippen LogP contribution in [-0.4, -0.2) is 60.9 Å². The number of alkyl halides is 3. The smallest absolute Gasteiger partial charge is 0.416 e. The molecule has 1 fully saturated rings. The molecule has 1 aromatic rings. The van der Waals surface area contributed by atoms with E-state index < -0.39 is 23.9 Å². The number of benzene rings is 1. The monoisotopic (exact) mass is 346 g/mol. The lowest BCUT2D eigenvalue weighted by molar-refractivity contribution is -0.137. The van der Waals surface area contributed by atoms with Crippen LogP contribution in [0.1, 0.15) is 23.6 Å². The summed E-state index contributed by atoms with van der Waals surface area (Å²) >= 11 is 0. The van der Waals surface area contributed by atoms with Gasteiger partial charge in [-0.25, -0.2) is 4.79 Å². The highest BCUT2D eigenvalue weighted by atomic mass is 19.4. The van der Waals surface area contributed by atoms with Crippen molar-refractivity contribution in [3.05, 3.63) is 35.4 Å². The van der Waals surface area contributed by atoms with E-state index in [9.17, 15) is 23.1 Å². The maximum atomic E-state index is 12.6. The van der Waals surface area contributed by atoms with Crippen LogP contribution >= 0.6 is 0 Å². The zero-order valence-electron chi connectivity index (χ0n) is 13.6. The Balaban J connectivity index is 2.00. The van der Waals surface area contributed by atoms with Crippen molar-refractivity contribution in [2.24, 2.45) is 0 Å². The van der Waals surface area contributed by atoms with Crippen molar-refractivity contribution in [2.45, 2.75) is 24.7 Å². The number of carbonyl (C=O) groups excluding carboxylic acids is 1. The van der Waals surface area contributed by atoms with Crippen molar-refractivity contribution in [1.29, 1.82) is 0 Å². The standard InChI is InChI=1S/C16H21F3N2O3/c1-20(2)15(23)24-8-7-21-10-13(22)9-14(21)11-3-5-12(6-4-11)16(17,18)19/h3-6,13-14,22H,7-10H2,1-2H3. The second kappa shape index (κ2) is 7.40. The van der Waals surface area contributed by atoms with E-state index in [0.29, 0.717) is 25.1 Å². The molecule has 0 saturated carbocycles. The third-order valence-corrected chi connectivity index (χ3v) is 3.97. The Kier molecular flexibility index (Phi) is 5.71. The number of rotatable bonds is 4. The van der Waals surface area contributed by atoms with Gasteiger partial charge in [0.05, 0.1) is 11.7 Å². The van der Waals surface area contributed by atoms with Gasteiger partial charge in [-0.2, -0.15) is 13.2 Å². The van der Waals surface area contributed by atoms with Crippen molar-refractivity contribution < 1.29 is 27.8 Å². The summed E-state index contributed by atoms with van der Waals surface area (Å²) in [6, 6.07) is 4.77. The predicted octanol–water partition coefficient (Wildman–Crippen LogP) is 2.51. The molecule has 0 aromatic heterocycles. The molecule has 1 aliphatic rings. The van der Waals surface area contributed by atoms with E-state index in [-0.39, 0.29) is 12.6 Å². The average Bonchev–Trinajstić information content (AvgIpc) is 2.87. The third-order valence-electron chi connectivity index (χ3n) is 3.97. The summed E-state index contributed by atoms with van der Waals surface area (Å²) in [5.41, 5.74) is 0.00902. The molecule has 24 heavy (non-hydrogen) atoms. The molecule has 2 rings (SSSR count). The second-order valence-corrected chi connectivity index (χ2v) is 6.03. The van der Waals surface area contributed by atoms with E-state index in [1.807, 2.05) is 4.90 Å². The molecule has 1 aromatic carbocycles. The van der Waals surface area contributed by atoms with E-state index in [2.05, 4.69) is 0 Å². The molecule has 8 heteroatoms. The number of aliphatic hydroxyl groups excluding tert-OH is 1. The van der Waals surface area contributed by atoms with Crippen LogP contribution in [0.2, 0.25) is 0 Å². The molecule has 5 nitrogen and oxygen atoms in total. The van der Waals surface area contributed by atoms with E-state index in [0.717, 1.165) is 12.1 Å². The minimum absolute atomic E-state index is 0.154. The summed E-state index contributed by atoms with van der Waals surface area (Å²) in [4.78, 5) is 14.6. The number of nitrogens with zero attached hydrogens (tertiary/aromatic N) is 2. The van der Waals surface area contributed by atoms with Gasteiger partial charge >= 0.3 is 12.3 Å². The first-order valence-electron chi connectivity index (χ1n) is 7.62. The largest absolute Gasteiger partial charge is 0.448 e. The van der Waals surface area contributed by atoms with E-state index in [1.54, 1.807) is 14.1 Å². The Hall–Kier alpha value is -1.80. The number of hydrogen-bond acceptors (Lipinski definition) is 4. The van der Waals surface area contributed by atoms with Crippen molar-refractivity contribution >= 4 is 6.09 Å². The highest BCUT2D eigenvalue weighted by Gasteiger charge is 2.34. The van der Waals surface area contributed by atoms with Gasteiger partial charge in [-0.1, -0.05) is 12.1 Å². The van der Waals surface area contributed by atoms with Crippen LogP contribution in [0.25, 0.3) is 0 Å². The Morgan fingerprint density at radius 3 is 2.50 bits per heavy atom. The number of ether oxygens (including phenoxy) is 1. The summed E-state index contributed by atoms with van der Waals surface area (Å²) in [7, 11) is 3.15. The first kappa shape index (κ1) is 18.5. The van der Waals surface area contributed by atoms with Gasteiger partial charge in [-0.15, -0.1) is 0 Å². The van der Waals surface area contributed by atoms with Crippen LogP contribution in [0, 0.1) is 0 Å². The highest BCUT2D eigenvalue weighted by Crippen LogP contribution is 2.34. The van der Waals surface area contributed by atoms with Crippen LogP contribution in [0.3, 0.4) is 0 Å². The molecule has 1 amide bonds. The first-order valence-corrected chi connectivity index (χ1v) is 7.62. The minimum Gasteiger partial charge on any atom is -0.448 e. The summed E-state index contributed by atoms with van der Waals surface area (Å²) in [6.45, 7) is 0.953.